The number of rotatable bonds is 12. The third kappa shape index (κ3) is 20.2. The highest BCUT2D eigenvalue weighted by molar-refractivity contribution is 6.31. The predicted molar refractivity (Wildman–Crippen MR) is 363 cm³/mol. The number of benzene rings is 1. The summed E-state index contributed by atoms with van der Waals surface area (Å²) in [6.07, 6.45) is -1.57. The van der Waals surface area contributed by atoms with Crippen molar-refractivity contribution in [2.45, 2.75) is 229 Å². The van der Waals surface area contributed by atoms with Gasteiger partial charge in [-0.25, -0.2) is 0 Å². The van der Waals surface area contributed by atoms with E-state index in [1.165, 1.54) is 47.1 Å². The molecule has 24 nitrogen and oxygen atoms in total. The quantitative estimate of drug-likeness (QED) is 0.168. The van der Waals surface area contributed by atoms with Crippen molar-refractivity contribution in [2.75, 3.05) is 81.6 Å². The zero-order chi connectivity index (χ0) is 78.1. The molecule has 5 fully saturated rings. The number of fused-ring (bicyclic) bond motifs is 1. The predicted octanol–water partition coefficient (Wildman–Crippen LogP) is 6.28. The summed E-state index contributed by atoms with van der Waals surface area (Å²) in [7, 11) is 7.47. The molecular weight excluding hydrogens is 1410 g/mol. The molecule has 0 aromatic heterocycles. The monoisotopic (exact) mass is 1510 g/mol. The van der Waals surface area contributed by atoms with Crippen molar-refractivity contribution in [3.05, 3.63) is 34.3 Å². The van der Waals surface area contributed by atoms with Gasteiger partial charge in [0.25, 0.3) is 0 Å². The van der Waals surface area contributed by atoms with E-state index >= 15 is 31.9 Å². The van der Waals surface area contributed by atoms with Crippen molar-refractivity contribution in [1.82, 2.24) is 60.5 Å². The van der Waals surface area contributed by atoms with Crippen LogP contribution in [0.3, 0.4) is 0 Å². The first kappa shape index (κ1) is 85.4. The van der Waals surface area contributed by atoms with Crippen LogP contribution in [0.1, 0.15) is 162 Å². The molecule has 9 atom stereocenters. The van der Waals surface area contributed by atoms with E-state index in [0.717, 1.165) is 73.9 Å². The zero-order valence-electron chi connectivity index (χ0n) is 61.3. The van der Waals surface area contributed by atoms with Crippen LogP contribution in [0.2, 0.25) is 5.02 Å². The first-order valence-corrected chi connectivity index (χ1v) is 36.1. The highest BCUT2D eigenvalue weighted by Gasteiger charge is 2.75. The number of halogens is 10. The number of carbonyl (C=O) groups is 12. The van der Waals surface area contributed by atoms with Gasteiger partial charge in [-0.05, 0) is 92.7 Å². The van der Waals surface area contributed by atoms with E-state index in [9.17, 15) is 65.1 Å². The Labute approximate surface area is 606 Å². The van der Waals surface area contributed by atoms with Gasteiger partial charge >= 0.3 is 23.9 Å². The lowest BCUT2D eigenvalue weighted by atomic mass is 9.84. The van der Waals surface area contributed by atoms with Crippen molar-refractivity contribution in [3.63, 3.8) is 0 Å². The van der Waals surface area contributed by atoms with Crippen LogP contribution in [0.5, 0.6) is 0 Å². The van der Waals surface area contributed by atoms with E-state index < -0.39 is 210 Å². The summed E-state index contributed by atoms with van der Waals surface area (Å²) in [5.74, 6) is -31.0. The largest absolute Gasteiger partial charge is 0.417 e. The highest BCUT2D eigenvalue weighted by atomic mass is 35.5. The molecule has 1 aromatic carbocycles. The number of nitrogens with zero attached hydrogens (tertiary/aromatic N) is 8. The smallest absolute Gasteiger partial charge is 0.343 e. The zero-order valence-corrected chi connectivity index (χ0v) is 62.1. The molecule has 0 unspecified atom stereocenters. The summed E-state index contributed by atoms with van der Waals surface area (Å²) in [5.41, 5.74) is -2.76. The van der Waals surface area contributed by atoms with Gasteiger partial charge < -0.3 is 60.5 Å². The standard InChI is InChI=1S/C70H102ClF9N12O12/c1-13-41(5)56-64(103)87(9)36-54(95)85(7)37-55(96)89(11)51(33-43-21-16-15-17-22-43)63(102)86(8)35-52(93)81-47(27-25-44-24-26-45(46(71)32-44)69(76,77)78)62(101)92-30-20-23-49(92)59(98)84-66(28-18-19-29-66)65(104)90(12)57(42(6)14-2)60(99)82-48(34-53(94)88(10)50(31-40(3)4)58(97)83-56)61(100)91-38-67(72,73)70(79,80)68(74,75)39-91/h24,26,32,40-43,47-51,56-57H,13-23,25,27-31,33-39H2,1-12H3,(H,81,93)(H,82,99)(H,83,97)(H,84,98)/t41-,42-,47-,48-,49-,50-,51-,56-,57-/m0/s1. The van der Waals surface area contributed by atoms with Gasteiger partial charge in [0.05, 0.1) is 49.7 Å². The Morgan fingerprint density at radius 1 is 0.625 bits per heavy atom. The second-order valence-corrected chi connectivity index (χ2v) is 30.0. The van der Waals surface area contributed by atoms with Crippen molar-refractivity contribution in [3.8, 4) is 0 Å². The molecule has 3 saturated heterocycles. The third-order valence-electron chi connectivity index (χ3n) is 21.3. The maximum absolute atomic E-state index is 15.4. The van der Waals surface area contributed by atoms with Crippen LogP contribution < -0.4 is 21.3 Å². The number of aryl methyl sites for hydroxylation is 1. The van der Waals surface area contributed by atoms with Gasteiger partial charge in [0, 0.05) is 48.8 Å². The maximum atomic E-state index is 15.4. The van der Waals surface area contributed by atoms with Gasteiger partial charge in [-0.15, -0.1) is 0 Å². The highest BCUT2D eigenvalue weighted by Crippen LogP contribution is 2.50. The molecule has 0 bridgehead atoms. The van der Waals surface area contributed by atoms with Gasteiger partial charge in [0.1, 0.15) is 47.8 Å². The van der Waals surface area contributed by atoms with E-state index in [0.29, 0.717) is 25.7 Å². The fourth-order valence-corrected chi connectivity index (χ4v) is 14.8. The first-order valence-electron chi connectivity index (χ1n) is 35.7. The number of hydrogen-bond donors (Lipinski definition) is 4. The van der Waals surface area contributed by atoms with Crippen LogP contribution in [-0.2, 0) is 70.1 Å². The van der Waals surface area contributed by atoms with E-state index in [1.54, 1.807) is 34.6 Å². The minimum Gasteiger partial charge on any atom is -0.343 e. The number of likely N-dealkylation sites (tertiary alicyclic amines) is 1. The van der Waals surface area contributed by atoms with Gasteiger partial charge in [-0.3, -0.25) is 57.5 Å². The number of alkyl halides is 9. The second kappa shape index (κ2) is 35.3. The summed E-state index contributed by atoms with van der Waals surface area (Å²) in [6.45, 7) is 2.97. The molecule has 3 heterocycles. The average molecular weight is 1510 g/mol. The Kier molecular flexibility index (Phi) is 29.0. The Hall–Kier alpha value is -7.48. The number of piperidine rings is 1. The summed E-state index contributed by atoms with van der Waals surface area (Å²) in [6, 6.07) is -8.31. The molecule has 584 valence electrons. The summed E-state index contributed by atoms with van der Waals surface area (Å²) in [5, 5.41) is 9.80. The molecule has 34 heteroatoms. The lowest BCUT2D eigenvalue weighted by molar-refractivity contribution is -0.335. The van der Waals surface area contributed by atoms with Crippen molar-refractivity contribution < 1.29 is 97.0 Å². The Bertz CT molecular complexity index is 3300. The molecule has 1 spiro atoms. The molecule has 3 aliphatic heterocycles. The molecule has 12 amide bonds. The van der Waals surface area contributed by atoms with Gasteiger partial charge in [0.15, 0.2) is 0 Å². The van der Waals surface area contributed by atoms with Gasteiger partial charge in [-0.2, -0.15) is 39.5 Å². The molecule has 1 aromatic rings. The molecule has 2 saturated carbocycles. The minimum absolute atomic E-state index is 0.00534. The average Bonchev–Trinajstić information content (AvgIpc) is 0.927. The van der Waals surface area contributed by atoms with Crippen LogP contribution in [0.4, 0.5) is 39.5 Å². The first-order chi connectivity index (χ1) is 48.3. The molecule has 2 aliphatic carbocycles. The molecule has 104 heavy (non-hydrogen) atoms. The van der Waals surface area contributed by atoms with E-state index in [4.69, 9.17) is 11.6 Å². The van der Waals surface area contributed by atoms with Crippen LogP contribution in [0.25, 0.3) is 0 Å². The summed E-state index contributed by atoms with van der Waals surface area (Å²) in [4.78, 5) is 184. The van der Waals surface area contributed by atoms with Crippen LogP contribution in [-0.4, -0.2) is 257 Å². The van der Waals surface area contributed by atoms with Crippen molar-refractivity contribution in [2.24, 2.45) is 23.7 Å². The molecule has 0 radical (unpaired) electrons. The van der Waals surface area contributed by atoms with Gasteiger partial charge in [-0.1, -0.05) is 117 Å². The SMILES string of the molecule is CC[C@H](C)[C@@H]1NC(=O)[C@H](CC(C)C)N(C)C(=O)C[C@@H](C(=O)N2CC(F)(F)C(F)(F)C(F)(F)C2)NC(=O)[C@H]([C@@H](C)CC)N(C)C(=O)C2(CCCC2)NC(=O)[C@@H]2CCCN2C(=O)[C@H](CCc2ccc(C(F)(F)F)c(Cl)c2)NC(=O)CN(C)C(=O)[C@H](CC2CCCCC2)N(C)C(=O)CN(C)C(=O)CN(C)C1=O. The fraction of sp³-hybridized carbons (Fsp3) is 0.743. The Balaban J connectivity index is 1.45. The molecular formula is C70H102ClF9N12O12. The van der Waals surface area contributed by atoms with Crippen LogP contribution in [0, 0.1) is 23.7 Å². The lowest BCUT2D eigenvalue weighted by Crippen LogP contribution is -2.70. The van der Waals surface area contributed by atoms with Gasteiger partial charge in [0.2, 0.25) is 70.9 Å². The van der Waals surface area contributed by atoms with E-state index in [2.05, 4.69) is 21.3 Å². The Morgan fingerprint density at radius 2 is 1.20 bits per heavy atom. The lowest BCUT2D eigenvalue weighted by Gasteiger charge is -2.44. The number of likely N-dealkylation sites (N-methyl/N-ethyl adjacent to an activating group) is 6. The van der Waals surface area contributed by atoms with E-state index in [1.807, 2.05) is 0 Å². The number of amides is 12. The number of carbonyl (C=O) groups excluding carboxylic acids is 12. The fourth-order valence-electron chi connectivity index (χ4n) is 14.5. The topological polar surface area (TPSA) is 279 Å². The van der Waals surface area contributed by atoms with Crippen molar-refractivity contribution >= 4 is 82.5 Å². The van der Waals surface area contributed by atoms with E-state index in [-0.39, 0.29) is 87.1 Å². The van der Waals surface area contributed by atoms with Crippen LogP contribution >= 0.6 is 11.6 Å². The summed E-state index contributed by atoms with van der Waals surface area (Å²) >= 11 is 6.10. The summed E-state index contributed by atoms with van der Waals surface area (Å²) < 4.78 is 132. The maximum Gasteiger partial charge on any atom is 0.417 e. The molecule has 4 N–H and O–H groups in total. The normalized spacial score (nSPS) is 27.1. The Morgan fingerprint density at radius 3 is 1.77 bits per heavy atom. The van der Waals surface area contributed by atoms with Crippen LogP contribution in [0.15, 0.2) is 18.2 Å². The molecule has 5 aliphatic rings. The number of nitrogens with one attached hydrogen (secondary N) is 4. The third-order valence-corrected chi connectivity index (χ3v) is 21.6. The number of hydrogen-bond acceptors (Lipinski definition) is 12. The molecule has 6 rings (SSSR count). The second-order valence-electron chi connectivity index (χ2n) is 29.5. The van der Waals surface area contributed by atoms with Crippen molar-refractivity contribution in [1.29, 1.82) is 0 Å². The minimum atomic E-state index is -5.97.